The van der Waals surface area contributed by atoms with E-state index in [-0.39, 0.29) is 18.2 Å². The summed E-state index contributed by atoms with van der Waals surface area (Å²) >= 11 is 0. The molecule has 2 aliphatic heterocycles. The van der Waals surface area contributed by atoms with Gasteiger partial charge in [-0.25, -0.2) is 34.3 Å². The van der Waals surface area contributed by atoms with Crippen molar-refractivity contribution >= 4 is 0 Å². The van der Waals surface area contributed by atoms with Gasteiger partial charge in [0, 0.05) is 139 Å². The maximum absolute atomic E-state index is 14.8. The van der Waals surface area contributed by atoms with Gasteiger partial charge in [-0.2, -0.15) is 0 Å². The molecule has 3 aromatic heterocycles. The van der Waals surface area contributed by atoms with Crippen molar-refractivity contribution in [3.8, 4) is 56.8 Å². The number of rotatable bonds is 30. The minimum absolute atomic E-state index is 0.137. The summed E-state index contributed by atoms with van der Waals surface area (Å²) < 4.78 is 19.9. The topological polar surface area (TPSA) is 201 Å². The zero-order valence-corrected chi connectivity index (χ0v) is 58.2. The summed E-state index contributed by atoms with van der Waals surface area (Å²) in [4.78, 5) is 35.1. The fourth-order valence-corrected chi connectivity index (χ4v) is 12.5. The summed E-state index contributed by atoms with van der Waals surface area (Å²) in [6.45, 7) is 20.5. The number of phenols is 3. The van der Waals surface area contributed by atoms with Crippen LogP contribution in [0.1, 0.15) is 117 Å². The van der Waals surface area contributed by atoms with E-state index >= 15 is 0 Å². The molecule has 0 aliphatic carbocycles. The highest BCUT2D eigenvalue weighted by molar-refractivity contribution is 5.62. The van der Waals surface area contributed by atoms with Crippen molar-refractivity contribution < 1.29 is 29.6 Å². The molecule has 2 aliphatic rings. The van der Waals surface area contributed by atoms with Crippen molar-refractivity contribution in [3.63, 3.8) is 0 Å². The summed E-state index contributed by atoms with van der Waals surface area (Å²) in [6, 6.07) is 49.6. The number of unbranched alkanes of at least 4 members (excludes halogenated alkanes) is 1. The Labute approximate surface area is 580 Å². The smallest absolute Gasteiger partial charge is 0.160 e. The number of piperazine rings is 2. The largest absolute Gasteiger partial charge is 0.508 e. The van der Waals surface area contributed by atoms with Crippen molar-refractivity contribution in [3.05, 3.63) is 227 Å². The van der Waals surface area contributed by atoms with Gasteiger partial charge in [-0.3, -0.25) is 14.7 Å². The molecule has 6 N–H and O–H groups in total. The molecule has 3 atom stereocenters. The number of hydrogen-bond acceptors (Lipinski definition) is 16. The Kier molecular flexibility index (Phi) is 29.4. The Morgan fingerprint density at radius 3 is 1.78 bits per heavy atom. The van der Waals surface area contributed by atoms with Crippen LogP contribution in [0.15, 0.2) is 170 Å². The number of aryl methyl sites for hydroxylation is 7. The zero-order valence-electron chi connectivity index (χ0n) is 58.2. The molecule has 5 heterocycles. The molecule has 0 radical (unpaired) electrons. The van der Waals surface area contributed by atoms with Crippen LogP contribution < -0.4 is 15.4 Å². The molecule has 16 nitrogen and oxygen atoms in total. The fourth-order valence-electron chi connectivity index (χ4n) is 12.5. The number of halogens is 1. The van der Waals surface area contributed by atoms with Gasteiger partial charge in [-0.15, -0.1) is 0 Å². The first-order chi connectivity index (χ1) is 47.7. The predicted molar refractivity (Wildman–Crippen MR) is 391 cm³/mol. The number of aliphatic hydroxyl groups is 1. The third kappa shape index (κ3) is 24.2. The van der Waals surface area contributed by atoms with Gasteiger partial charge in [0.15, 0.2) is 11.5 Å². The number of hydrogen-bond donors (Lipinski definition) is 6. The number of phenolic OH excluding ortho intramolecular Hbond substituents is 3. The standard InChI is InChI=1S/C28H37N5O.C27H33FN4O2.C26H32N2O2/c1-2-32(18-19-33-16-14-29-15-17-33)22-24-8-3-9-25(20-24)27-12-13-30-28(31-27)11-5-7-23-6-4-10-26(34)21-23;1-18-16-32(19(2)15-30-18)17-21-7-9-23(28)22(13-21)24-11-12-29-27(31-24)6-4-5-20-8-10-26(34-3)25(33)14-20;1-20(19-29)6-2-3-7-22-9-4-10-23(18-22)25-16-17-27-26(28-25)11-5-8-21-12-14-24(30)15-13-21/h3-4,6,8-10,12-13,20-21,29,34H,2,5,7,11,14-19,22H2,1H3;7-14,18-19,30,33H,4-6,15-17H2,1-3H3;4,9-10,12-18,20,29-30H,2-3,5-8,11,19H2,1H3/t;18-,19-;20-/m.01/s1. The lowest BCUT2D eigenvalue weighted by molar-refractivity contribution is 0.139. The van der Waals surface area contributed by atoms with Crippen molar-refractivity contribution in [1.82, 2.24) is 55.2 Å². The summed E-state index contributed by atoms with van der Waals surface area (Å²) in [5.41, 5.74) is 12.5. The molecule has 518 valence electrons. The van der Waals surface area contributed by atoms with Gasteiger partial charge < -0.3 is 35.8 Å². The Morgan fingerprint density at radius 1 is 0.592 bits per heavy atom. The van der Waals surface area contributed by atoms with E-state index < -0.39 is 0 Å². The predicted octanol–water partition coefficient (Wildman–Crippen LogP) is 13.5. The minimum Gasteiger partial charge on any atom is -0.508 e. The number of likely N-dealkylation sites (N-methyl/N-ethyl adjacent to an activating group) is 1. The third-order valence-corrected chi connectivity index (χ3v) is 18.4. The second-order valence-electron chi connectivity index (χ2n) is 26.3. The first-order valence-corrected chi connectivity index (χ1v) is 35.3. The van der Waals surface area contributed by atoms with Crippen LogP contribution in [0.2, 0.25) is 0 Å². The zero-order chi connectivity index (χ0) is 68.9. The molecule has 2 saturated heterocycles. The lowest BCUT2D eigenvalue weighted by atomic mass is 10.00. The molecule has 0 saturated carbocycles. The maximum Gasteiger partial charge on any atom is 0.160 e. The maximum atomic E-state index is 14.8. The first kappa shape index (κ1) is 73.7. The van der Waals surface area contributed by atoms with Gasteiger partial charge >= 0.3 is 0 Å². The van der Waals surface area contributed by atoms with Crippen LogP contribution in [0.25, 0.3) is 33.8 Å². The molecule has 0 unspecified atom stereocenters. The number of nitrogens with one attached hydrogen (secondary N) is 2. The van der Waals surface area contributed by atoms with Crippen molar-refractivity contribution in [2.75, 3.05) is 72.6 Å². The average Bonchev–Trinajstić information content (AvgIpc) is 0.849. The van der Waals surface area contributed by atoms with E-state index in [0.29, 0.717) is 58.8 Å². The molecular formula is C81H102FN11O5. The number of benzene rings is 6. The van der Waals surface area contributed by atoms with Gasteiger partial charge in [0.05, 0.1) is 24.2 Å². The summed E-state index contributed by atoms with van der Waals surface area (Å²) in [7, 11) is 1.53. The van der Waals surface area contributed by atoms with E-state index in [0.717, 1.165) is 200 Å². The van der Waals surface area contributed by atoms with Crippen LogP contribution in [0.5, 0.6) is 23.0 Å². The van der Waals surface area contributed by atoms with Crippen LogP contribution in [0, 0.1) is 11.7 Å². The molecule has 0 spiro atoms. The number of aliphatic hydroxyl groups excluding tert-OH is 1. The Hall–Kier alpha value is -8.55. The summed E-state index contributed by atoms with van der Waals surface area (Å²) in [5.74, 6) is 3.77. The second-order valence-corrected chi connectivity index (χ2v) is 26.3. The quantitative estimate of drug-likeness (QED) is 0.0232. The normalized spacial score (nSPS) is 15.2. The fraction of sp³-hybridized carbons (Fsp3) is 0.407. The SMILES string of the molecule is CCN(CCN1CCNCC1)Cc1cccc(-c2ccnc(CCCc3cccc(O)c3)n2)c1.COc1ccc(CCCc2nccc(-c3cc(CN4C[C@H](C)NC[C@@H]4C)ccc3F)n2)cc1O.C[C@@H](CO)CCCCc1cccc(-c2ccnc(CCCc3ccc(O)cc3)n2)c1. The van der Waals surface area contributed by atoms with Gasteiger partial charge in [0.1, 0.15) is 34.8 Å². The number of aromatic nitrogens is 6. The van der Waals surface area contributed by atoms with Gasteiger partial charge in [-0.1, -0.05) is 93.1 Å². The van der Waals surface area contributed by atoms with Crippen LogP contribution in [0.3, 0.4) is 0 Å². The van der Waals surface area contributed by atoms with E-state index in [1.165, 1.54) is 23.8 Å². The average molecular weight is 1330 g/mol. The van der Waals surface area contributed by atoms with Crippen molar-refractivity contribution in [2.45, 2.75) is 136 Å². The molecule has 98 heavy (non-hydrogen) atoms. The van der Waals surface area contributed by atoms with Gasteiger partial charge in [-0.05, 0) is 196 Å². The van der Waals surface area contributed by atoms with Crippen LogP contribution in [0.4, 0.5) is 4.39 Å². The van der Waals surface area contributed by atoms with Gasteiger partial charge in [0.2, 0.25) is 0 Å². The van der Waals surface area contributed by atoms with Crippen LogP contribution in [-0.2, 0) is 58.0 Å². The monoisotopic (exact) mass is 1330 g/mol. The van der Waals surface area contributed by atoms with Crippen molar-refractivity contribution in [1.29, 1.82) is 0 Å². The van der Waals surface area contributed by atoms with E-state index in [4.69, 9.17) is 19.8 Å². The molecule has 11 rings (SSSR count). The number of nitrogens with zero attached hydrogens (tertiary/aromatic N) is 9. The lowest BCUT2D eigenvalue weighted by Crippen LogP contribution is -2.53. The molecule has 17 heteroatoms. The second kappa shape index (κ2) is 39.1. The highest BCUT2D eigenvalue weighted by Gasteiger charge is 2.23. The van der Waals surface area contributed by atoms with E-state index in [9.17, 15) is 19.7 Å². The van der Waals surface area contributed by atoms with Gasteiger partial charge in [0.25, 0.3) is 0 Å². The Balaban J connectivity index is 0.000000172. The van der Waals surface area contributed by atoms with E-state index in [1.54, 1.807) is 48.7 Å². The highest BCUT2D eigenvalue weighted by Crippen LogP contribution is 2.29. The molecule has 0 bridgehead atoms. The number of ether oxygens (including phenoxy) is 1. The minimum atomic E-state index is -0.274. The van der Waals surface area contributed by atoms with E-state index in [1.807, 2.05) is 73.1 Å². The van der Waals surface area contributed by atoms with E-state index in [2.05, 4.69) is 121 Å². The molecule has 6 aromatic carbocycles. The van der Waals surface area contributed by atoms with Crippen LogP contribution >= 0.6 is 0 Å². The highest BCUT2D eigenvalue weighted by atomic mass is 19.1. The summed E-state index contributed by atoms with van der Waals surface area (Å²) in [6.07, 6.45) is 17.5. The molecule has 0 amide bonds. The summed E-state index contributed by atoms with van der Waals surface area (Å²) in [5, 5.41) is 45.0. The lowest BCUT2D eigenvalue weighted by Gasteiger charge is -2.37. The Bertz CT molecular complexity index is 3850. The molecular weight excluding hydrogens is 1230 g/mol. The Morgan fingerprint density at radius 2 is 1.15 bits per heavy atom. The third-order valence-electron chi connectivity index (χ3n) is 18.4. The molecule has 2 fully saturated rings. The number of aromatic hydroxyl groups is 3. The van der Waals surface area contributed by atoms with Crippen LogP contribution in [-0.4, -0.2) is 150 Å². The molecule has 9 aromatic rings. The number of methoxy groups -OCH3 is 1. The van der Waals surface area contributed by atoms with Crippen molar-refractivity contribution in [2.24, 2.45) is 5.92 Å². The first-order valence-electron chi connectivity index (χ1n) is 35.3.